The number of likely N-dealkylation sites (N-methyl/N-ethyl adjacent to an activating group) is 1. The second-order valence-corrected chi connectivity index (χ2v) is 4.32. The highest BCUT2D eigenvalue weighted by Gasteiger charge is 2.24. The molecule has 1 saturated carbocycles. The number of carbonyl (C=O) groups is 1. The molecule has 0 radical (unpaired) electrons. The normalized spacial score (nSPS) is 14.9. The summed E-state index contributed by atoms with van der Waals surface area (Å²) in [5, 5.41) is 3.33. The number of benzene rings is 1. The van der Waals surface area contributed by atoms with Crippen molar-refractivity contribution in [1.82, 2.24) is 5.32 Å². The van der Waals surface area contributed by atoms with E-state index in [9.17, 15) is 4.79 Å². The molecule has 4 heteroatoms. The van der Waals surface area contributed by atoms with Gasteiger partial charge in [-0.3, -0.25) is 4.79 Å². The van der Waals surface area contributed by atoms with E-state index in [1.807, 2.05) is 0 Å². The summed E-state index contributed by atoms with van der Waals surface area (Å²) in [6, 6.07) is 5.19. The molecule has 1 aromatic rings. The molecule has 0 amide bonds. The molecule has 1 N–H and O–H groups in total. The minimum Gasteiger partial charge on any atom is -0.489 e. The smallest absolute Gasteiger partial charge is 0.176 e. The fourth-order valence-electron chi connectivity index (χ4n) is 1.40. The van der Waals surface area contributed by atoms with Gasteiger partial charge in [-0.15, -0.1) is 0 Å². The lowest BCUT2D eigenvalue weighted by Gasteiger charge is -2.08. The van der Waals surface area contributed by atoms with Gasteiger partial charge in [-0.1, -0.05) is 11.6 Å². The quantitative estimate of drug-likeness (QED) is 0.802. The third kappa shape index (κ3) is 2.74. The number of ketones is 1. The van der Waals surface area contributed by atoms with Gasteiger partial charge in [0, 0.05) is 5.56 Å². The van der Waals surface area contributed by atoms with Crippen LogP contribution in [0, 0.1) is 0 Å². The first-order valence-corrected chi connectivity index (χ1v) is 5.72. The fourth-order valence-corrected chi connectivity index (χ4v) is 1.62. The van der Waals surface area contributed by atoms with E-state index in [1.54, 1.807) is 25.2 Å². The third-order valence-electron chi connectivity index (χ3n) is 2.41. The number of hydrogen-bond donors (Lipinski definition) is 1. The molecule has 1 aliphatic rings. The second-order valence-electron chi connectivity index (χ2n) is 3.92. The Morgan fingerprint density at radius 1 is 1.56 bits per heavy atom. The number of halogens is 1. The predicted molar refractivity (Wildman–Crippen MR) is 63.4 cm³/mol. The molecule has 0 unspecified atom stereocenters. The van der Waals surface area contributed by atoms with Crippen molar-refractivity contribution in [3.63, 3.8) is 0 Å². The molecule has 86 valence electrons. The van der Waals surface area contributed by atoms with Gasteiger partial charge < -0.3 is 10.1 Å². The molecule has 3 nitrogen and oxygen atoms in total. The number of Topliss-reactive ketones (excluding diaryl/α,β-unsaturated/α-hetero) is 1. The average Bonchev–Trinajstić information content (AvgIpc) is 3.05. The Hall–Kier alpha value is -1.06. The molecular weight excluding hydrogens is 226 g/mol. The number of nitrogens with one attached hydrogen (secondary N) is 1. The van der Waals surface area contributed by atoms with Crippen molar-refractivity contribution in [2.75, 3.05) is 13.6 Å². The van der Waals surface area contributed by atoms with Gasteiger partial charge in [0.25, 0.3) is 0 Å². The SMILES string of the molecule is CNCC(=O)c1ccc(OC2CC2)c(Cl)c1. The molecular formula is C12H14ClNO2. The summed E-state index contributed by atoms with van der Waals surface area (Å²) in [4.78, 5) is 11.6. The summed E-state index contributed by atoms with van der Waals surface area (Å²) in [7, 11) is 1.74. The van der Waals surface area contributed by atoms with Gasteiger partial charge in [0.15, 0.2) is 5.78 Å². The zero-order valence-electron chi connectivity index (χ0n) is 9.13. The second kappa shape index (κ2) is 4.85. The molecule has 0 aliphatic heterocycles. The molecule has 1 aliphatic carbocycles. The molecule has 0 bridgehead atoms. The number of ether oxygens (including phenoxy) is 1. The Kier molecular flexibility index (Phi) is 3.46. The Morgan fingerprint density at radius 2 is 2.31 bits per heavy atom. The highest BCUT2D eigenvalue weighted by Crippen LogP contribution is 2.32. The van der Waals surface area contributed by atoms with Crippen LogP contribution in [0.15, 0.2) is 18.2 Å². The van der Waals surface area contributed by atoms with Crippen LogP contribution in [0.1, 0.15) is 23.2 Å². The van der Waals surface area contributed by atoms with E-state index in [2.05, 4.69) is 5.32 Å². The van der Waals surface area contributed by atoms with E-state index in [0.29, 0.717) is 29.0 Å². The van der Waals surface area contributed by atoms with Crippen molar-refractivity contribution < 1.29 is 9.53 Å². The Balaban J connectivity index is 2.11. The molecule has 0 saturated heterocycles. The van der Waals surface area contributed by atoms with Crippen molar-refractivity contribution in [2.24, 2.45) is 0 Å². The van der Waals surface area contributed by atoms with E-state index >= 15 is 0 Å². The van der Waals surface area contributed by atoms with Gasteiger partial charge in [0.05, 0.1) is 17.7 Å². The highest BCUT2D eigenvalue weighted by molar-refractivity contribution is 6.32. The molecule has 0 spiro atoms. The summed E-state index contributed by atoms with van der Waals surface area (Å²) >= 11 is 6.05. The van der Waals surface area contributed by atoms with Crippen molar-refractivity contribution in [3.05, 3.63) is 28.8 Å². The summed E-state index contributed by atoms with van der Waals surface area (Å²) in [6.07, 6.45) is 2.50. The van der Waals surface area contributed by atoms with Gasteiger partial charge in [-0.2, -0.15) is 0 Å². The van der Waals surface area contributed by atoms with E-state index < -0.39 is 0 Å². The van der Waals surface area contributed by atoms with E-state index in [4.69, 9.17) is 16.3 Å². The zero-order valence-corrected chi connectivity index (χ0v) is 9.88. The molecule has 0 atom stereocenters. The van der Waals surface area contributed by atoms with Crippen molar-refractivity contribution in [1.29, 1.82) is 0 Å². The lowest BCUT2D eigenvalue weighted by Crippen LogP contribution is -2.18. The van der Waals surface area contributed by atoms with Crippen LogP contribution in [0.4, 0.5) is 0 Å². The Morgan fingerprint density at radius 3 is 2.88 bits per heavy atom. The predicted octanol–water partition coefficient (Wildman–Crippen LogP) is 2.28. The molecule has 1 fully saturated rings. The summed E-state index contributed by atoms with van der Waals surface area (Å²) in [5.41, 5.74) is 0.613. The summed E-state index contributed by atoms with van der Waals surface area (Å²) in [5.74, 6) is 0.701. The van der Waals surface area contributed by atoms with E-state index in [-0.39, 0.29) is 5.78 Å². The molecule has 1 aromatic carbocycles. The largest absolute Gasteiger partial charge is 0.489 e. The van der Waals surface area contributed by atoms with Crippen LogP contribution in [0.2, 0.25) is 5.02 Å². The van der Waals surface area contributed by atoms with E-state index in [1.165, 1.54) is 0 Å². The fraction of sp³-hybridized carbons (Fsp3) is 0.417. The van der Waals surface area contributed by atoms with Gasteiger partial charge in [-0.05, 0) is 38.1 Å². The monoisotopic (exact) mass is 239 g/mol. The van der Waals surface area contributed by atoms with Gasteiger partial charge in [-0.25, -0.2) is 0 Å². The van der Waals surface area contributed by atoms with Crippen molar-refractivity contribution >= 4 is 17.4 Å². The van der Waals surface area contributed by atoms with Gasteiger partial charge in [0.2, 0.25) is 0 Å². The van der Waals surface area contributed by atoms with Crippen molar-refractivity contribution in [2.45, 2.75) is 18.9 Å². The van der Waals surface area contributed by atoms with Crippen molar-refractivity contribution in [3.8, 4) is 5.75 Å². The van der Waals surface area contributed by atoms with Crippen LogP contribution >= 0.6 is 11.6 Å². The minimum atomic E-state index is 0.0300. The van der Waals surface area contributed by atoms with Gasteiger partial charge >= 0.3 is 0 Å². The zero-order chi connectivity index (χ0) is 11.5. The maximum Gasteiger partial charge on any atom is 0.176 e. The Bertz CT molecular complexity index is 402. The van der Waals surface area contributed by atoms with Crippen LogP contribution in [-0.2, 0) is 0 Å². The number of rotatable bonds is 5. The maximum atomic E-state index is 11.6. The van der Waals surface area contributed by atoms with Crippen LogP contribution in [0.3, 0.4) is 0 Å². The molecule has 0 aromatic heterocycles. The van der Waals surface area contributed by atoms with Crippen LogP contribution < -0.4 is 10.1 Å². The van der Waals surface area contributed by atoms with E-state index in [0.717, 1.165) is 12.8 Å². The first kappa shape index (κ1) is 11.4. The lowest BCUT2D eigenvalue weighted by molar-refractivity contribution is 0.0993. The minimum absolute atomic E-state index is 0.0300. The lowest BCUT2D eigenvalue weighted by atomic mass is 10.1. The summed E-state index contributed by atoms with van der Waals surface area (Å²) < 4.78 is 5.59. The number of carbonyl (C=O) groups excluding carboxylic acids is 1. The standard InChI is InChI=1S/C12H14ClNO2/c1-14-7-11(15)8-2-5-12(10(13)6-8)16-9-3-4-9/h2,5-6,9,14H,3-4,7H2,1H3. The van der Waals surface area contributed by atoms with Gasteiger partial charge in [0.1, 0.15) is 5.75 Å². The third-order valence-corrected chi connectivity index (χ3v) is 2.70. The Labute approximate surface area is 99.7 Å². The van der Waals surface area contributed by atoms with Crippen LogP contribution in [0.25, 0.3) is 0 Å². The molecule has 0 heterocycles. The highest BCUT2D eigenvalue weighted by atomic mass is 35.5. The maximum absolute atomic E-state index is 11.6. The molecule has 16 heavy (non-hydrogen) atoms. The first-order valence-electron chi connectivity index (χ1n) is 5.34. The molecule has 2 rings (SSSR count). The van der Waals surface area contributed by atoms with Crippen LogP contribution in [0.5, 0.6) is 5.75 Å². The topological polar surface area (TPSA) is 38.3 Å². The average molecular weight is 240 g/mol. The summed E-state index contributed by atoms with van der Waals surface area (Å²) in [6.45, 7) is 0.319. The first-order chi connectivity index (χ1) is 7.70. The number of hydrogen-bond acceptors (Lipinski definition) is 3. The van der Waals surface area contributed by atoms with Crippen LogP contribution in [-0.4, -0.2) is 25.5 Å².